The van der Waals surface area contributed by atoms with Gasteiger partial charge in [-0.15, -0.1) is 0 Å². The summed E-state index contributed by atoms with van der Waals surface area (Å²) in [4.78, 5) is 69.3. The highest BCUT2D eigenvalue weighted by molar-refractivity contribution is 5.96. The van der Waals surface area contributed by atoms with Crippen molar-refractivity contribution in [3.63, 3.8) is 0 Å². The topological polar surface area (TPSA) is 164 Å². The third-order valence-electron chi connectivity index (χ3n) is 9.73. The van der Waals surface area contributed by atoms with Gasteiger partial charge in [-0.05, 0) is 43.2 Å². The van der Waals surface area contributed by atoms with Crippen molar-refractivity contribution in [2.24, 2.45) is 5.92 Å². The molecule has 0 radical (unpaired) electrons. The van der Waals surface area contributed by atoms with Crippen LogP contribution in [0.25, 0.3) is 0 Å². The van der Waals surface area contributed by atoms with Crippen molar-refractivity contribution in [2.75, 3.05) is 26.3 Å². The second kappa shape index (κ2) is 13.7. The van der Waals surface area contributed by atoms with E-state index in [0.29, 0.717) is 45.4 Å². The minimum absolute atomic E-state index is 0.000520. The molecule has 0 bridgehead atoms. The number of carboxylic acids is 1. The summed E-state index contributed by atoms with van der Waals surface area (Å²) in [5.41, 5.74) is 0.762. The molecule has 2 saturated heterocycles. The fraction of sp³-hybridized carbons (Fsp3) is 0.606. The zero-order valence-corrected chi connectivity index (χ0v) is 25.9. The van der Waals surface area contributed by atoms with Gasteiger partial charge < -0.3 is 39.8 Å². The molecule has 0 aromatic heterocycles. The van der Waals surface area contributed by atoms with E-state index in [0.717, 1.165) is 24.8 Å². The van der Waals surface area contributed by atoms with Crippen LogP contribution in [0.15, 0.2) is 36.4 Å². The lowest BCUT2D eigenvalue weighted by atomic mass is 10.0. The highest BCUT2D eigenvalue weighted by Crippen LogP contribution is 2.45. The van der Waals surface area contributed by atoms with Gasteiger partial charge in [-0.1, -0.05) is 49.3 Å². The zero-order valence-electron chi connectivity index (χ0n) is 25.9. The fourth-order valence-corrected chi connectivity index (χ4v) is 6.95. The molecule has 0 unspecified atom stereocenters. The summed E-state index contributed by atoms with van der Waals surface area (Å²) in [5, 5.41) is 15.5. The SMILES string of the molecule is O=C(N[C@H]1CCCCC/C=C\[C@H]2C[C@@]2(C(=O)O)NC(=O)[C@@H]2C[C@@H](OC(=O)N3CCc4ccccc4C3)CN2C1=O)O[C@@H]1CCOC1. The number of nitrogens with one attached hydrogen (secondary N) is 2. The lowest BCUT2D eigenvalue weighted by Crippen LogP contribution is -2.56. The predicted molar refractivity (Wildman–Crippen MR) is 162 cm³/mol. The van der Waals surface area contributed by atoms with Crippen molar-refractivity contribution < 1.29 is 43.3 Å². The van der Waals surface area contributed by atoms with Crippen LogP contribution in [0.4, 0.5) is 9.59 Å². The Bertz CT molecular complexity index is 1380. The van der Waals surface area contributed by atoms with Gasteiger partial charge in [0.05, 0.1) is 19.8 Å². The first-order chi connectivity index (χ1) is 22.2. The van der Waals surface area contributed by atoms with E-state index in [9.17, 15) is 29.1 Å². The Morgan fingerprint density at radius 2 is 1.87 bits per heavy atom. The predicted octanol–water partition coefficient (Wildman–Crippen LogP) is 2.51. The molecule has 3 fully saturated rings. The highest BCUT2D eigenvalue weighted by atomic mass is 16.6. The van der Waals surface area contributed by atoms with Gasteiger partial charge in [-0.25, -0.2) is 14.4 Å². The van der Waals surface area contributed by atoms with Crippen LogP contribution < -0.4 is 10.6 Å². The van der Waals surface area contributed by atoms with E-state index in [1.54, 1.807) is 4.90 Å². The van der Waals surface area contributed by atoms with Gasteiger partial charge in [0.25, 0.3) is 0 Å². The van der Waals surface area contributed by atoms with Gasteiger partial charge in [-0.3, -0.25) is 9.59 Å². The lowest BCUT2D eigenvalue weighted by molar-refractivity contribution is -0.145. The van der Waals surface area contributed by atoms with Crippen LogP contribution in [0.5, 0.6) is 0 Å². The van der Waals surface area contributed by atoms with Crippen LogP contribution >= 0.6 is 0 Å². The summed E-state index contributed by atoms with van der Waals surface area (Å²) in [6.45, 7) is 1.58. The average molecular weight is 639 g/mol. The number of alkyl carbamates (subject to hydrolysis) is 1. The molecule has 5 aliphatic rings. The number of hydrogen-bond acceptors (Lipinski definition) is 8. The largest absolute Gasteiger partial charge is 0.479 e. The molecule has 13 nitrogen and oxygen atoms in total. The first-order valence-corrected chi connectivity index (χ1v) is 16.3. The maximum Gasteiger partial charge on any atom is 0.410 e. The van der Waals surface area contributed by atoms with E-state index in [4.69, 9.17) is 14.2 Å². The number of carboxylic acid groups (broad SMARTS) is 1. The Hall–Kier alpha value is -4.13. The second-order valence-electron chi connectivity index (χ2n) is 12.9. The van der Waals surface area contributed by atoms with Crippen molar-refractivity contribution in [3.05, 3.63) is 47.5 Å². The molecule has 1 aliphatic carbocycles. The Balaban J connectivity index is 1.20. The molecule has 1 saturated carbocycles. The fourth-order valence-electron chi connectivity index (χ4n) is 6.95. The van der Waals surface area contributed by atoms with Crippen LogP contribution in [0, 0.1) is 5.92 Å². The van der Waals surface area contributed by atoms with Crippen LogP contribution in [-0.2, 0) is 41.6 Å². The van der Waals surface area contributed by atoms with Gasteiger partial charge in [0, 0.05) is 31.8 Å². The summed E-state index contributed by atoms with van der Waals surface area (Å²) in [6.07, 6.45) is 6.12. The van der Waals surface area contributed by atoms with E-state index >= 15 is 0 Å². The van der Waals surface area contributed by atoms with Crippen LogP contribution in [0.1, 0.15) is 62.5 Å². The number of ether oxygens (including phenoxy) is 3. The summed E-state index contributed by atoms with van der Waals surface area (Å²) in [5.74, 6) is -2.63. The molecule has 0 spiro atoms. The molecule has 46 heavy (non-hydrogen) atoms. The summed E-state index contributed by atoms with van der Waals surface area (Å²) >= 11 is 0. The first-order valence-electron chi connectivity index (χ1n) is 16.3. The van der Waals surface area contributed by atoms with E-state index in [-0.39, 0.29) is 31.9 Å². The smallest absolute Gasteiger partial charge is 0.410 e. The molecule has 4 aliphatic heterocycles. The Morgan fingerprint density at radius 3 is 2.65 bits per heavy atom. The standard InChI is InChI=1S/C33H42N4O9/c38-28-27-16-25(46-32(43)36-14-12-21-8-6-7-9-22(21)18-36)19-37(27)29(39)26(34-31(42)45-24-13-15-44-20-24)11-5-3-1-2-4-10-23-17-33(23,35-28)30(40)41/h4,6-10,23-27H,1-3,5,11-20H2,(H,34,42)(H,35,38)(H,40,41)/b10-4-/t23-,24+,25+,26-,27-,33+/m0/s1. The molecule has 248 valence electrons. The number of carbonyl (C=O) groups excluding carboxylic acids is 4. The van der Waals surface area contributed by atoms with E-state index < -0.39 is 59.8 Å². The van der Waals surface area contributed by atoms with Crippen molar-refractivity contribution in [2.45, 2.75) is 94.2 Å². The quantitative estimate of drug-likeness (QED) is 0.421. The molecule has 4 heterocycles. The number of rotatable bonds is 4. The van der Waals surface area contributed by atoms with Gasteiger partial charge in [-0.2, -0.15) is 0 Å². The molecular formula is C33H42N4O9. The van der Waals surface area contributed by atoms with Gasteiger partial charge in [0.15, 0.2) is 0 Å². The Labute approximate surface area is 267 Å². The summed E-state index contributed by atoms with van der Waals surface area (Å²) in [7, 11) is 0. The maximum absolute atomic E-state index is 14.1. The van der Waals surface area contributed by atoms with Crippen molar-refractivity contribution in [1.82, 2.24) is 20.4 Å². The molecule has 1 aromatic carbocycles. The van der Waals surface area contributed by atoms with Crippen LogP contribution in [0.2, 0.25) is 0 Å². The number of nitrogens with zero attached hydrogens (tertiary/aromatic N) is 2. The number of allylic oxidation sites excluding steroid dienone is 1. The van der Waals surface area contributed by atoms with Gasteiger partial charge in [0.2, 0.25) is 11.8 Å². The molecular weight excluding hydrogens is 596 g/mol. The number of fused-ring (bicyclic) bond motifs is 3. The number of hydrogen-bond donors (Lipinski definition) is 3. The average Bonchev–Trinajstić information content (AvgIpc) is 3.32. The van der Waals surface area contributed by atoms with E-state index in [1.807, 2.05) is 36.4 Å². The van der Waals surface area contributed by atoms with E-state index in [2.05, 4.69) is 10.6 Å². The normalized spacial score (nSPS) is 32.0. The van der Waals surface area contributed by atoms with E-state index in [1.165, 1.54) is 10.5 Å². The lowest BCUT2D eigenvalue weighted by Gasteiger charge is -2.30. The molecule has 6 atom stereocenters. The van der Waals surface area contributed by atoms with Crippen molar-refractivity contribution in [1.29, 1.82) is 0 Å². The van der Waals surface area contributed by atoms with Gasteiger partial charge in [0.1, 0.15) is 29.8 Å². The van der Waals surface area contributed by atoms with Gasteiger partial charge >= 0.3 is 18.2 Å². The van der Waals surface area contributed by atoms with Crippen molar-refractivity contribution >= 4 is 30.0 Å². The number of amides is 4. The summed E-state index contributed by atoms with van der Waals surface area (Å²) in [6, 6.07) is 5.82. The molecule has 13 heteroatoms. The van der Waals surface area contributed by atoms with Crippen LogP contribution in [0.3, 0.4) is 0 Å². The first kappa shape index (κ1) is 31.8. The second-order valence-corrected chi connectivity index (χ2v) is 12.9. The molecule has 1 aromatic rings. The number of aliphatic carboxylic acids is 1. The monoisotopic (exact) mass is 638 g/mol. The van der Waals surface area contributed by atoms with Crippen molar-refractivity contribution in [3.8, 4) is 0 Å². The minimum Gasteiger partial charge on any atom is -0.479 e. The maximum atomic E-state index is 14.1. The minimum atomic E-state index is -1.46. The molecule has 6 rings (SSSR count). The van der Waals surface area contributed by atoms with Crippen LogP contribution in [-0.4, -0.2) is 101 Å². The molecule has 3 N–H and O–H groups in total. The molecule has 4 amide bonds. The third-order valence-corrected chi connectivity index (χ3v) is 9.73. The number of carbonyl (C=O) groups is 5. The Kier molecular flexibility index (Phi) is 9.48. The highest BCUT2D eigenvalue weighted by Gasteiger charge is 2.61. The zero-order chi connectivity index (χ0) is 32.3. The number of benzene rings is 1. The summed E-state index contributed by atoms with van der Waals surface area (Å²) < 4.78 is 16.6. The Morgan fingerprint density at radius 1 is 1.04 bits per heavy atom. The third kappa shape index (κ3) is 6.98.